The summed E-state index contributed by atoms with van der Waals surface area (Å²) in [5.41, 5.74) is 1.43. The molecule has 1 aromatic rings. The summed E-state index contributed by atoms with van der Waals surface area (Å²) >= 11 is 0. The first kappa shape index (κ1) is 19.2. The summed E-state index contributed by atoms with van der Waals surface area (Å²) in [7, 11) is 0. The number of fused-ring (bicyclic) bond motifs is 2. The summed E-state index contributed by atoms with van der Waals surface area (Å²) in [5, 5.41) is 0. The van der Waals surface area contributed by atoms with Crippen LogP contribution in [0, 0.1) is 40.9 Å². The van der Waals surface area contributed by atoms with Crippen molar-refractivity contribution in [3.8, 4) is 11.8 Å². The molecular formula is C24H32O2. The normalized spacial score (nSPS) is 28.2. The van der Waals surface area contributed by atoms with Crippen molar-refractivity contribution in [2.75, 3.05) is 6.61 Å². The Kier molecular flexibility index (Phi) is 5.88. The molecule has 2 nitrogen and oxygen atoms in total. The number of hydrogen-bond donors (Lipinski definition) is 0. The van der Waals surface area contributed by atoms with E-state index in [0.717, 1.165) is 24.0 Å². The molecule has 0 saturated heterocycles. The number of Topliss-reactive ketones (excluding diaryl/α,β-unsaturated/α-hetero) is 1. The maximum Gasteiger partial charge on any atom is 0.139 e. The Morgan fingerprint density at radius 2 is 2.00 bits per heavy atom. The van der Waals surface area contributed by atoms with Gasteiger partial charge in [0, 0.05) is 12.0 Å². The highest BCUT2D eigenvalue weighted by Crippen LogP contribution is 2.61. The molecule has 0 aromatic heterocycles. The Hall–Kier alpha value is -1.59. The van der Waals surface area contributed by atoms with Gasteiger partial charge in [0.15, 0.2) is 0 Å². The fourth-order valence-corrected chi connectivity index (χ4v) is 4.87. The molecule has 3 aliphatic carbocycles. The molecular weight excluding hydrogens is 320 g/mol. The van der Waals surface area contributed by atoms with Gasteiger partial charge in [-0.3, -0.25) is 4.79 Å². The van der Waals surface area contributed by atoms with Crippen molar-refractivity contribution in [1.29, 1.82) is 0 Å². The van der Waals surface area contributed by atoms with Crippen LogP contribution in [0.1, 0.15) is 58.9 Å². The summed E-state index contributed by atoms with van der Waals surface area (Å²) in [6.45, 7) is 9.43. The van der Waals surface area contributed by atoms with Gasteiger partial charge in [-0.05, 0) is 54.6 Å². The number of carbonyl (C=O) groups is 1. The summed E-state index contributed by atoms with van der Waals surface area (Å²) < 4.78 is 6.28. The number of hydrogen-bond acceptors (Lipinski definition) is 2. The molecule has 140 valence electrons. The third kappa shape index (κ3) is 3.89. The zero-order chi connectivity index (χ0) is 18.7. The van der Waals surface area contributed by atoms with Gasteiger partial charge in [-0.25, -0.2) is 0 Å². The lowest BCUT2D eigenvalue weighted by Gasteiger charge is -2.60. The maximum absolute atomic E-state index is 12.2. The monoisotopic (exact) mass is 352 g/mol. The first-order chi connectivity index (χ1) is 12.4. The average Bonchev–Trinajstić information content (AvgIpc) is 2.67. The van der Waals surface area contributed by atoms with E-state index in [1.165, 1.54) is 19.3 Å². The van der Waals surface area contributed by atoms with E-state index in [1.54, 1.807) is 0 Å². The predicted octanol–water partition coefficient (Wildman–Crippen LogP) is 5.11. The SMILES string of the molecule is CCC(=O)[C@@H](C)[C@@H](C#Cc1ccccc1)OC[C@@H]1CC[C@@H]2C[C@H]1C2(C)C. The molecule has 0 amide bonds. The molecule has 0 heterocycles. The van der Waals surface area contributed by atoms with Crippen molar-refractivity contribution in [1.82, 2.24) is 0 Å². The van der Waals surface area contributed by atoms with Gasteiger partial charge >= 0.3 is 0 Å². The van der Waals surface area contributed by atoms with Gasteiger partial charge in [0.05, 0.1) is 12.5 Å². The van der Waals surface area contributed by atoms with E-state index >= 15 is 0 Å². The van der Waals surface area contributed by atoms with Crippen LogP contribution in [0.15, 0.2) is 30.3 Å². The lowest BCUT2D eigenvalue weighted by molar-refractivity contribution is -0.136. The Morgan fingerprint density at radius 3 is 2.62 bits per heavy atom. The zero-order valence-corrected chi connectivity index (χ0v) is 16.6. The largest absolute Gasteiger partial charge is 0.364 e. The standard InChI is InChI=1S/C24H32O2/c1-5-22(25)17(2)23(14-11-18-9-7-6-8-10-18)26-16-19-12-13-20-15-21(19)24(20,3)4/h6-10,17,19-21,23H,5,12-13,15-16H2,1-4H3/t17-,19+,20-,21-,23-/m1/s1. The molecule has 0 spiro atoms. The first-order valence-electron chi connectivity index (χ1n) is 10.1. The van der Waals surface area contributed by atoms with E-state index < -0.39 is 0 Å². The van der Waals surface area contributed by atoms with Gasteiger partial charge in [0.1, 0.15) is 11.9 Å². The van der Waals surface area contributed by atoms with Crippen molar-refractivity contribution in [3.63, 3.8) is 0 Å². The van der Waals surface area contributed by atoms with Gasteiger partial charge in [0.2, 0.25) is 0 Å². The van der Waals surface area contributed by atoms with Crippen LogP contribution in [0.4, 0.5) is 0 Å². The van der Waals surface area contributed by atoms with Crippen molar-refractivity contribution >= 4 is 5.78 Å². The van der Waals surface area contributed by atoms with Gasteiger partial charge in [-0.1, -0.05) is 57.7 Å². The second-order valence-corrected chi connectivity index (χ2v) is 8.70. The van der Waals surface area contributed by atoms with E-state index in [9.17, 15) is 4.79 Å². The molecule has 26 heavy (non-hydrogen) atoms. The minimum absolute atomic E-state index is 0.179. The second-order valence-electron chi connectivity index (χ2n) is 8.70. The number of benzene rings is 1. The molecule has 4 rings (SSSR count). The highest BCUT2D eigenvalue weighted by molar-refractivity contribution is 5.81. The molecule has 0 N–H and O–H groups in total. The summed E-state index contributed by atoms with van der Waals surface area (Å²) in [6.07, 6.45) is 4.15. The minimum Gasteiger partial charge on any atom is -0.364 e. The van der Waals surface area contributed by atoms with Crippen LogP contribution in [0.2, 0.25) is 0 Å². The van der Waals surface area contributed by atoms with Gasteiger partial charge in [0.25, 0.3) is 0 Å². The third-order valence-corrected chi connectivity index (χ3v) is 6.93. The number of rotatable bonds is 6. The van der Waals surface area contributed by atoms with Crippen LogP contribution < -0.4 is 0 Å². The molecule has 2 heteroatoms. The molecule has 0 aliphatic heterocycles. The topological polar surface area (TPSA) is 26.3 Å². The van der Waals surface area contributed by atoms with Crippen molar-refractivity contribution in [3.05, 3.63) is 35.9 Å². The Balaban J connectivity index is 1.68. The molecule has 3 saturated carbocycles. The number of ketones is 1. The lowest BCUT2D eigenvalue weighted by Crippen LogP contribution is -2.53. The molecule has 0 unspecified atom stereocenters. The number of carbonyl (C=O) groups excluding carboxylic acids is 1. The van der Waals surface area contributed by atoms with Crippen molar-refractivity contribution in [2.24, 2.45) is 29.1 Å². The Labute approximate surface area is 158 Å². The predicted molar refractivity (Wildman–Crippen MR) is 106 cm³/mol. The van der Waals surface area contributed by atoms with Crippen molar-refractivity contribution in [2.45, 2.75) is 59.5 Å². The summed E-state index contributed by atoms with van der Waals surface area (Å²) in [5.74, 6) is 8.77. The van der Waals surface area contributed by atoms with E-state index in [2.05, 4.69) is 25.7 Å². The smallest absolute Gasteiger partial charge is 0.139 e. The molecule has 1 aromatic carbocycles. The van der Waals surface area contributed by atoms with E-state index in [-0.39, 0.29) is 17.8 Å². The van der Waals surface area contributed by atoms with Gasteiger partial charge in [-0.2, -0.15) is 0 Å². The summed E-state index contributed by atoms with van der Waals surface area (Å²) in [6, 6.07) is 9.94. The molecule has 0 radical (unpaired) electrons. The van der Waals surface area contributed by atoms with E-state index in [1.807, 2.05) is 44.2 Å². The molecule has 3 fully saturated rings. The zero-order valence-electron chi connectivity index (χ0n) is 16.6. The fourth-order valence-electron chi connectivity index (χ4n) is 4.87. The molecule has 3 aliphatic rings. The highest BCUT2D eigenvalue weighted by Gasteiger charge is 2.54. The fraction of sp³-hybridized carbons (Fsp3) is 0.625. The van der Waals surface area contributed by atoms with E-state index in [0.29, 0.717) is 17.8 Å². The minimum atomic E-state index is -0.316. The van der Waals surface area contributed by atoms with E-state index in [4.69, 9.17) is 4.74 Å². The number of ether oxygens (including phenoxy) is 1. The Bertz CT molecular complexity index is 677. The van der Waals surface area contributed by atoms with Crippen LogP contribution in [0.25, 0.3) is 0 Å². The maximum atomic E-state index is 12.2. The highest BCUT2D eigenvalue weighted by atomic mass is 16.5. The van der Waals surface area contributed by atoms with Gasteiger partial charge in [-0.15, -0.1) is 0 Å². The van der Waals surface area contributed by atoms with Crippen LogP contribution in [-0.2, 0) is 9.53 Å². The average molecular weight is 353 g/mol. The quantitative estimate of drug-likeness (QED) is 0.665. The third-order valence-electron chi connectivity index (χ3n) is 6.93. The van der Waals surface area contributed by atoms with Crippen molar-refractivity contribution < 1.29 is 9.53 Å². The molecule has 2 bridgehead atoms. The first-order valence-corrected chi connectivity index (χ1v) is 10.1. The van der Waals surface area contributed by atoms with Crippen LogP contribution in [-0.4, -0.2) is 18.5 Å². The molecule has 5 atom stereocenters. The lowest BCUT2D eigenvalue weighted by atomic mass is 9.46. The van der Waals surface area contributed by atoms with Crippen LogP contribution in [0.3, 0.4) is 0 Å². The second kappa shape index (κ2) is 7.97. The van der Waals surface area contributed by atoms with Crippen LogP contribution >= 0.6 is 0 Å². The van der Waals surface area contributed by atoms with Crippen LogP contribution in [0.5, 0.6) is 0 Å². The van der Waals surface area contributed by atoms with Gasteiger partial charge < -0.3 is 4.74 Å². The summed E-state index contributed by atoms with van der Waals surface area (Å²) in [4.78, 5) is 12.2. The Morgan fingerprint density at radius 1 is 1.27 bits per heavy atom.